The summed E-state index contributed by atoms with van der Waals surface area (Å²) in [5.74, 6) is -0.186. The normalized spacial score (nSPS) is 19.1. The summed E-state index contributed by atoms with van der Waals surface area (Å²) >= 11 is 0. The smallest absolute Gasteiger partial charge is 0.331 e. The number of carbonyl (C=O) groups is 3. The van der Waals surface area contributed by atoms with E-state index in [1.807, 2.05) is 6.92 Å². The number of hydrogen-bond acceptors (Lipinski definition) is 5. The number of urea groups is 1. The zero-order chi connectivity index (χ0) is 20.4. The van der Waals surface area contributed by atoms with Crippen LogP contribution in [0, 0.1) is 5.92 Å². The molecule has 2 atom stereocenters. The predicted molar refractivity (Wildman–Crippen MR) is 106 cm³/mol. The first-order chi connectivity index (χ1) is 13.5. The summed E-state index contributed by atoms with van der Waals surface area (Å²) in [5.41, 5.74) is 0.797. The molecular formula is C21H28N2O5. The van der Waals surface area contributed by atoms with Crippen LogP contribution < -0.4 is 15.4 Å². The van der Waals surface area contributed by atoms with Gasteiger partial charge in [0.05, 0.1) is 6.61 Å². The van der Waals surface area contributed by atoms with Crippen LogP contribution in [-0.4, -0.2) is 37.2 Å². The first-order valence-corrected chi connectivity index (χ1v) is 9.66. The first kappa shape index (κ1) is 21.5. The van der Waals surface area contributed by atoms with Crippen LogP contribution in [0.2, 0.25) is 0 Å². The summed E-state index contributed by atoms with van der Waals surface area (Å²) in [6.45, 7) is 4.06. The molecule has 1 aliphatic carbocycles. The van der Waals surface area contributed by atoms with Crippen LogP contribution in [0.4, 0.5) is 4.79 Å². The third kappa shape index (κ3) is 7.42. The maximum absolute atomic E-state index is 11.9. The molecule has 7 heteroatoms. The SMILES string of the molecule is CCOc1ccc(/C=C/C(=O)OCC(=O)NC(=O)N[C@@H]2CCCC[C@H]2C)cc1. The standard InChI is InChI=1S/C21H28N2O5/c1-3-27-17-11-8-16(9-12-17)10-13-20(25)28-14-19(24)23-21(26)22-18-7-5-4-6-15(18)2/h8-13,15,18H,3-7,14H2,1-2H3,(H2,22,23,24,26)/b13-10+/t15-,18-/m1/s1. The molecule has 2 rings (SSSR count). The van der Waals surface area contributed by atoms with E-state index in [2.05, 4.69) is 17.6 Å². The summed E-state index contributed by atoms with van der Waals surface area (Å²) in [5, 5.41) is 5.00. The molecule has 28 heavy (non-hydrogen) atoms. The monoisotopic (exact) mass is 388 g/mol. The van der Waals surface area contributed by atoms with Crippen molar-refractivity contribution < 1.29 is 23.9 Å². The minimum Gasteiger partial charge on any atom is -0.494 e. The molecule has 1 aromatic carbocycles. The van der Waals surface area contributed by atoms with Crippen LogP contribution in [0.5, 0.6) is 5.75 Å². The highest BCUT2D eigenvalue weighted by Crippen LogP contribution is 2.23. The van der Waals surface area contributed by atoms with Crippen molar-refractivity contribution in [1.29, 1.82) is 0 Å². The van der Waals surface area contributed by atoms with E-state index in [1.54, 1.807) is 30.3 Å². The first-order valence-electron chi connectivity index (χ1n) is 9.66. The van der Waals surface area contributed by atoms with E-state index in [0.717, 1.165) is 30.6 Å². The van der Waals surface area contributed by atoms with Crippen molar-refractivity contribution in [2.75, 3.05) is 13.2 Å². The lowest BCUT2D eigenvalue weighted by atomic mass is 9.86. The van der Waals surface area contributed by atoms with Crippen LogP contribution in [0.15, 0.2) is 30.3 Å². The van der Waals surface area contributed by atoms with Gasteiger partial charge in [-0.1, -0.05) is 31.9 Å². The van der Waals surface area contributed by atoms with Crippen molar-refractivity contribution in [3.05, 3.63) is 35.9 Å². The lowest BCUT2D eigenvalue weighted by Gasteiger charge is -2.29. The van der Waals surface area contributed by atoms with Gasteiger partial charge in [-0.15, -0.1) is 0 Å². The molecule has 1 aromatic rings. The molecule has 0 heterocycles. The zero-order valence-corrected chi connectivity index (χ0v) is 16.4. The van der Waals surface area contributed by atoms with Crippen LogP contribution in [-0.2, 0) is 14.3 Å². The third-order valence-corrected chi connectivity index (χ3v) is 4.63. The molecule has 0 saturated heterocycles. The van der Waals surface area contributed by atoms with Crippen molar-refractivity contribution >= 4 is 24.0 Å². The van der Waals surface area contributed by atoms with Gasteiger partial charge in [-0.05, 0) is 49.5 Å². The van der Waals surface area contributed by atoms with Crippen LogP contribution >= 0.6 is 0 Å². The fourth-order valence-corrected chi connectivity index (χ4v) is 3.09. The van der Waals surface area contributed by atoms with Gasteiger partial charge in [0.1, 0.15) is 5.75 Å². The van der Waals surface area contributed by atoms with Crippen LogP contribution in [0.25, 0.3) is 6.08 Å². The van der Waals surface area contributed by atoms with E-state index >= 15 is 0 Å². The molecular weight excluding hydrogens is 360 g/mol. The van der Waals surface area contributed by atoms with E-state index in [-0.39, 0.29) is 6.04 Å². The Morgan fingerprint density at radius 3 is 2.54 bits per heavy atom. The van der Waals surface area contributed by atoms with Crippen molar-refractivity contribution in [2.24, 2.45) is 5.92 Å². The Hall–Kier alpha value is -2.83. The lowest BCUT2D eigenvalue weighted by Crippen LogP contribution is -2.48. The minimum atomic E-state index is -0.663. The second-order valence-corrected chi connectivity index (χ2v) is 6.83. The molecule has 0 aromatic heterocycles. The quantitative estimate of drug-likeness (QED) is 0.553. The van der Waals surface area contributed by atoms with Crippen molar-refractivity contribution in [1.82, 2.24) is 10.6 Å². The summed E-state index contributed by atoms with van der Waals surface area (Å²) in [4.78, 5) is 35.4. The van der Waals surface area contributed by atoms with E-state index < -0.39 is 24.5 Å². The van der Waals surface area contributed by atoms with Gasteiger partial charge in [0, 0.05) is 12.1 Å². The third-order valence-electron chi connectivity index (χ3n) is 4.63. The highest BCUT2D eigenvalue weighted by Gasteiger charge is 2.23. The molecule has 0 radical (unpaired) electrons. The minimum absolute atomic E-state index is 0.0705. The molecule has 7 nitrogen and oxygen atoms in total. The average molecular weight is 388 g/mol. The largest absolute Gasteiger partial charge is 0.494 e. The van der Waals surface area contributed by atoms with Gasteiger partial charge >= 0.3 is 12.0 Å². The number of ether oxygens (including phenoxy) is 2. The maximum atomic E-state index is 11.9. The second kappa shape index (κ2) is 11.1. The predicted octanol–water partition coefficient (Wildman–Crippen LogP) is 3.05. The molecule has 2 N–H and O–H groups in total. The molecule has 0 spiro atoms. The fourth-order valence-electron chi connectivity index (χ4n) is 3.09. The lowest BCUT2D eigenvalue weighted by molar-refractivity contribution is -0.143. The number of imide groups is 1. The van der Waals surface area contributed by atoms with Crippen LogP contribution in [0.1, 0.15) is 45.1 Å². The fraction of sp³-hybridized carbons (Fsp3) is 0.476. The summed E-state index contributed by atoms with van der Waals surface area (Å²) in [7, 11) is 0. The number of amides is 3. The zero-order valence-electron chi connectivity index (χ0n) is 16.4. The molecule has 0 bridgehead atoms. The Labute approximate surface area is 165 Å². The summed E-state index contributed by atoms with van der Waals surface area (Å²) in [6.07, 6.45) is 7.02. The van der Waals surface area contributed by atoms with Gasteiger partial charge in [-0.2, -0.15) is 0 Å². The van der Waals surface area contributed by atoms with Crippen molar-refractivity contribution in [2.45, 2.75) is 45.6 Å². The van der Waals surface area contributed by atoms with Gasteiger partial charge < -0.3 is 14.8 Å². The number of rotatable bonds is 7. The summed E-state index contributed by atoms with van der Waals surface area (Å²) in [6, 6.07) is 6.73. The Kier molecular flexibility index (Phi) is 8.52. The van der Waals surface area contributed by atoms with Gasteiger partial charge in [-0.3, -0.25) is 10.1 Å². The number of nitrogens with one attached hydrogen (secondary N) is 2. The van der Waals surface area contributed by atoms with E-state index in [9.17, 15) is 14.4 Å². The highest BCUT2D eigenvalue weighted by atomic mass is 16.5. The molecule has 1 saturated carbocycles. The average Bonchev–Trinajstić information content (AvgIpc) is 2.68. The van der Waals surface area contributed by atoms with E-state index in [1.165, 1.54) is 12.5 Å². The Morgan fingerprint density at radius 1 is 1.14 bits per heavy atom. The molecule has 152 valence electrons. The number of carbonyl (C=O) groups excluding carboxylic acids is 3. The van der Waals surface area contributed by atoms with Crippen molar-refractivity contribution in [3.63, 3.8) is 0 Å². The molecule has 1 aliphatic rings. The number of hydrogen-bond donors (Lipinski definition) is 2. The maximum Gasteiger partial charge on any atom is 0.331 e. The second-order valence-electron chi connectivity index (χ2n) is 6.83. The van der Waals surface area contributed by atoms with Crippen LogP contribution in [0.3, 0.4) is 0 Å². The van der Waals surface area contributed by atoms with Gasteiger partial charge in [0.15, 0.2) is 6.61 Å². The van der Waals surface area contributed by atoms with E-state index in [0.29, 0.717) is 12.5 Å². The van der Waals surface area contributed by atoms with Gasteiger partial charge in [0.2, 0.25) is 0 Å². The topological polar surface area (TPSA) is 93.7 Å². The Balaban J connectivity index is 1.69. The number of benzene rings is 1. The van der Waals surface area contributed by atoms with Gasteiger partial charge in [0.25, 0.3) is 5.91 Å². The molecule has 3 amide bonds. The van der Waals surface area contributed by atoms with Gasteiger partial charge in [-0.25, -0.2) is 9.59 Å². The van der Waals surface area contributed by atoms with Crippen molar-refractivity contribution in [3.8, 4) is 5.75 Å². The number of esters is 1. The Morgan fingerprint density at radius 2 is 1.86 bits per heavy atom. The summed E-state index contributed by atoms with van der Waals surface area (Å²) < 4.78 is 10.2. The Bertz CT molecular complexity index is 699. The molecule has 0 aliphatic heterocycles. The van der Waals surface area contributed by atoms with E-state index in [4.69, 9.17) is 9.47 Å². The molecule has 1 fully saturated rings. The highest BCUT2D eigenvalue weighted by molar-refractivity contribution is 5.96. The molecule has 0 unspecified atom stereocenters.